The molecule has 0 spiro atoms. The molecular weight excluding hydrogens is 260 g/mol. The number of benzene rings is 1. The van der Waals surface area contributed by atoms with Gasteiger partial charge in [-0.15, -0.1) is 0 Å². The summed E-state index contributed by atoms with van der Waals surface area (Å²) in [6.45, 7) is 0.496. The van der Waals surface area contributed by atoms with Gasteiger partial charge in [0.1, 0.15) is 17.5 Å². The monoisotopic (exact) mass is 269 g/mol. The van der Waals surface area contributed by atoms with Crippen molar-refractivity contribution < 1.29 is 8.78 Å². The fourth-order valence-electron chi connectivity index (χ4n) is 1.52. The molecule has 1 aromatic heterocycles. The van der Waals surface area contributed by atoms with Gasteiger partial charge in [0.05, 0.1) is 0 Å². The number of hydrogen-bond acceptors (Lipinski definition) is 3. The Morgan fingerprint density at radius 2 is 1.89 bits per heavy atom. The van der Waals surface area contributed by atoms with Crippen molar-refractivity contribution in [1.29, 1.82) is 0 Å². The molecule has 0 fully saturated rings. The zero-order chi connectivity index (χ0) is 13.0. The van der Waals surface area contributed by atoms with Crippen LogP contribution in [-0.2, 0) is 6.42 Å². The Balaban J connectivity index is 1.92. The maximum atomic E-state index is 12.9. The molecule has 0 aliphatic rings. The Hall–Kier alpha value is -1.75. The van der Waals surface area contributed by atoms with Gasteiger partial charge in [-0.1, -0.05) is 0 Å². The van der Waals surface area contributed by atoms with E-state index in [2.05, 4.69) is 15.3 Å². The Kier molecular flexibility index (Phi) is 4.04. The molecule has 94 valence electrons. The van der Waals surface area contributed by atoms with E-state index in [-0.39, 0.29) is 5.28 Å². The lowest BCUT2D eigenvalue weighted by Gasteiger charge is -2.05. The van der Waals surface area contributed by atoms with Crippen molar-refractivity contribution in [2.45, 2.75) is 6.42 Å². The van der Waals surface area contributed by atoms with Gasteiger partial charge in [0.15, 0.2) is 0 Å². The lowest BCUT2D eigenvalue weighted by Crippen LogP contribution is -2.07. The number of halogens is 3. The highest BCUT2D eigenvalue weighted by Gasteiger charge is 2.01. The van der Waals surface area contributed by atoms with E-state index >= 15 is 0 Å². The smallest absolute Gasteiger partial charge is 0.224 e. The van der Waals surface area contributed by atoms with Crippen LogP contribution in [0.1, 0.15) is 5.56 Å². The number of nitrogens with one attached hydrogen (secondary N) is 1. The predicted octanol–water partition coefficient (Wildman–Crippen LogP) is 3.06. The Labute approximate surface area is 108 Å². The number of hydrogen-bond donors (Lipinski definition) is 1. The topological polar surface area (TPSA) is 37.8 Å². The summed E-state index contributed by atoms with van der Waals surface area (Å²) in [4.78, 5) is 7.68. The molecule has 2 aromatic rings. The van der Waals surface area contributed by atoms with Crippen LogP contribution in [0.25, 0.3) is 0 Å². The summed E-state index contributed by atoms with van der Waals surface area (Å²) in [6.07, 6.45) is 2.01. The minimum atomic E-state index is -0.574. The van der Waals surface area contributed by atoms with Crippen molar-refractivity contribution >= 4 is 17.4 Å². The zero-order valence-electron chi connectivity index (χ0n) is 9.33. The van der Waals surface area contributed by atoms with Crippen LogP contribution in [-0.4, -0.2) is 16.5 Å². The second-order valence-corrected chi connectivity index (χ2v) is 4.00. The molecule has 0 saturated carbocycles. The minimum absolute atomic E-state index is 0.150. The molecule has 1 heterocycles. The van der Waals surface area contributed by atoms with E-state index in [0.29, 0.717) is 24.3 Å². The molecule has 0 aliphatic carbocycles. The first kappa shape index (κ1) is 12.7. The van der Waals surface area contributed by atoms with Crippen molar-refractivity contribution in [3.63, 3.8) is 0 Å². The maximum Gasteiger partial charge on any atom is 0.224 e. The van der Waals surface area contributed by atoms with Crippen LogP contribution in [0.3, 0.4) is 0 Å². The summed E-state index contributed by atoms with van der Waals surface area (Å²) in [6, 6.07) is 5.12. The van der Waals surface area contributed by atoms with Gasteiger partial charge in [-0.3, -0.25) is 0 Å². The predicted molar refractivity (Wildman–Crippen MR) is 65.6 cm³/mol. The first-order valence-electron chi connectivity index (χ1n) is 5.31. The van der Waals surface area contributed by atoms with Crippen molar-refractivity contribution in [3.05, 3.63) is 52.9 Å². The standard InChI is InChI=1S/C12H10ClF2N3/c13-12-17-4-2-11(18-12)16-3-1-8-5-9(14)7-10(15)6-8/h2,4-7H,1,3H2,(H,16,17,18). The van der Waals surface area contributed by atoms with Crippen LogP contribution in [0.5, 0.6) is 0 Å². The summed E-state index contributed by atoms with van der Waals surface area (Å²) < 4.78 is 25.9. The lowest BCUT2D eigenvalue weighted by atomic mass is 10.1. The van der Waals surface area contributed by atoms with E-state index in [1.165, 1.54) is 18.3 Å². The number of anilines is 1. The van der Waals surface area contributed by atoms with E-state index in [1.54, 1.807) is 6.07 Å². The molecule has 2 rings (SSSR count). The van der Waals surface area contributed by atoms with Crippen molar-refractivity contribution in [2.24, 2.45) is 0 Å². The molecule has 0 radical (unpaired) electrons. The van der Waals surface area contributed by atoms with Crippen LogP contribution in [0.2, 0.25) is 5.28 Å². The molecule has 0 saturated heterocycles. The van der Waals surface area contributed by atoms with E-state index in [4.69, 9.17) is 11.6 Å². The van der Waals surface area contributed by atoms with E-state index in [0.717, 1.165) is 6.07 Å². The highest BCUT2D eigenvalue weighted by molar-refractivity contribution is 6.28. The van der Waals surface area contributed by atoms with E-state index in [9.17, 15) is 8.78 Å². The number of nitrogens with zero attached hydrogens (tertiary/aromatic N) is 2. The second kappa shape index (κ2) is 5.73. The first-order chi connectivity index (χ1) is 8.63. The largest absolute Gasteiger partial charge is 0.370 e. The fraction of sp³-hybridized carbons (Fsp3) is 0.167. The molecule has 0 bridgehead atoms. The zero-order valence-corrected chi connectivity index (χ0v) is 10.1. The van der Waals surface area contributed by atoms with Gasteiger partial charge >= 0.3 is 0 Å². The molecule has 1 N–H and O–H groups in total. The average Bonchev–Trinajstić information content (AvgIpc) is 2.27. The molecule has 0 atom stereocenters. The third kappa shape index (κ3) is 3.63. The molecule has 6 heteroatoms. The first-order valence-corrected chi connectivity index (χ1v) is 5.69. The number of rotatable bonds is 4. The normalized spacial score (nSPS) is 10.4. The van der Waals surface area contributed by atoms with Crippen LogP contribution >= 0.6 is 11.6 Å². The molecule has 0 unspecified atom stereocenters. The van der Waals surface area contributed by atoms with Crippen molar-refractivity contribution in [1.82, 2.24) is 9.97 Å². The summed E-state index contributed by atoms with van der Waals surface area (Å²) in [5.41, 5.74) is 0.583. The Morgan fingerprint density at radius 1 is 1.17 bits per heavy atom. The maximum absolute atomic E-state index is 12.9. The fourth-order valence-corrected chi connectivity index (χ4v) is 1.67. The van der Waals surface area contributed by atoms with Crippen LogP contribution in [0, 0.1) is 11.6 Å². The van der Waals surface area contributed by atoms with Crippen LogP contribution in [0.15, 0.2) is 30.5 Å². The van der Waals surface area contributed by atoms with Crippen LogP contribution in [0.4, 0.5) is 14.6 Å². The van der Waals surface area contributed by atoms with Gasteiger partial charge in [-0.25, -0.2) is 18.7 Å². The second-order valence-electron chi connectivity index (χ2n) is 3.67. The lowest BCUT2D eigenvalue weighted by molar-refractivity contribution is 0.580. The molecule has 18 heavy (non-hydrogen) atoms. The average molecular weight is 270 g/mol. The Morgan fingerprint density at radius 3 is 2.56 bits per heavy atom. The summed E-state index contributed by atoms with van der Waals surface area (Å²) in [5, 5.41) is 3.14. The summed E-state index contributed by atoms with van der Waals surface area (Å²) >= 11 is 5.62. The quantitative estimate of drug-likeness (QED) is 0.867. The van der Waals surface area contributed by atoms with Crippen molar-refractivity contribution in [2.75, 3.05) is 11.9 Å². The molecule has 3 nitrogen and oxygen atoms in total. The van der Waals surface area contributed by atoms with Gasteiger partial charge in [-0.05, 0) is 41.8 Å². The summed E-state index contributed by atoms with van der Waals surface area (Å²) in [7, 11) is 0. The van der Waals surface area contributed by atoms with Gasteiger partial charge in [0.2, 0.25) is 5.28 Å². The third-order valence-corrected chi connectivity index (χ3v) is 2.45. The minimum Gasteiger partial charge on any atom is -0.370 e. The van der Waals surface area contributed by atoms with E-state index in [1.807, 2.05) is 0 Å². The highest BCUT2D eigenvalue weighted by Crippen LogP contribution is 2.10. The summed E-state index contributed by atoms with van der Waals surface area (Å²) in [5.74, 6) is -0.572. The molecule has 1 aromatic carbocycles. The molecule has 0 aliphatic heterocycles. The molecular formula is C12H10ClF2N3. The molecule has 0 amide bonds. The Bertz CT molecular complexity index is 528. The van der Waals surface area contributed by atoms with Gasteiger partial charge in [0, 0.05) is 18.8 Å². The van der Waals surface area contributed by atoms with Crippen LogP contribution < -0.4 is 5.32 Å². The third-order valence-electron chi connectivity index (χ3n) is 2.27. The van der Waals surface area contributed by atoms with E-state index < -0.39 is 11.6 Å². The van der Waals surface area contributed by atoms with Gasteiger partial charge in [-0.2, -0.15) is 0 Å². The number of aromatic nitrogens is 2. The van der Waals surface area contributed by atoms with Gasteiger partial charge in [0.25, 0.3) is 0 Å². The SMILES string of the molecule is Fc1cc(F)cc(CCNc2ccnc(Cl)n2)c1. The van der Waals surface area contributed by atoms with Crippen molar-refractivity contribution in [3.8, 4) is 0 Å². The van der Waals surface area contributed by atoms with Gasteiger partial charge < -0.3 is 5.32 Å². The highest BCUT2D eigenvalue weighted by atomic mass is 35.5.